The van der Waals surface area contributed by atoms with Gasteiger partial charge in [-0.05, 0) is 48.7 Å². The van der Waals surface area contributed by atoms with E-state index in [0.29, 0.717) is 5.69 Å². The molecule has 0 unspecified atom stereocenters. The van der Waals surface area contributed by atoms with E-state index in [1.807, 2.05) is 41.8 Å². The summed E-state index contributed by atoms with van der Waals surface area (Å²) in [7, 11) is 1.59. The second-order valence-electron chi connectivity index (χ2n) is 6.24. The fourth-order valence-corrected chi connectivity index (χ4v) is 2.85. The first-order valence-corrected chi connectivity index (χ1v) is 8.28. The maximum Gasteiger partial charge on any atom is 0.243 e. The Bertz CT molecular complexity index is 947. The molecule has 2 amide bonds. The molecule has 0 saturated heterocycles. The lowest BCUT2D eigenvalue weighted by Gasteiger charge is -2.18. The lowest BCUT2D eigenvalue weighted by atomic mass is 10.2. The van der Waals surface area contributed by atoms with Crippen LogP contribution >= 0.6 is 0 Å². The van der Waals surface area contributed by atoms with E-state index in [9.17, 15) is 14.0 Å². The number of aromatic nitrogens is 1. The van der Waals surface area contributed by atoms with Gasteiger partial charge in [0.1, 0.15) is 12.4 Å². The highest BCUT2D eigenvalue weighted by atomic mass is 19.1. The highest BCUT2D eigenvalue weighted by Gasteiger charge is 2.16. The fourth-order valence-electron chi connectivity index (χ4n) is 2.85. The van der Waals surface area contributed by atoms with Crippen molar-refractivity contribution in [1.29, 1.82) is 0 Å². The molecule has 0 atom stereocenters. The smallest absolute Gasteiger partial charge is 0.243 e. The molecule has 6 heteroatoms. The highest BCUT2D eigenvalue weighted by Crippen LogP contribution is 2.19. The lowest BCUT2D eigenvalue weighted by Crippen LogP contribution is -2.37. The Hall–Kier alpha value is -3.15. The van der Waals surface area contributed by atoms with Crippen LogP contribution in [0.2, 0.25) is 0 Å². The van der Waals surface area contributed by atoms with Crippen LogP contribution in [0.3, 0.4) is 0 Å². The van der Waals surface area contributed by atoms with Crippen molar-refractivity contribution >= 4 is 28.4 Å². The second-order valence-corrected chi connectivity index (χ2v) is 6.24. The molecule has 0 aliphatic carbocycles. The van der Waals surface area contributed by atoms with Crippen molar-refractivity contribution in [3.05, 3.63) is 66.1 Å². The number of para-hydroxylation sites is 1. The summed E-state index contributed by atoms with van der Waals surface area (Å²) in [5.41, 5.74) is 2.47. The van der Waals surface area contributed by atoms with Crippen LogP contribution < -0.4 is 5.32 Å². The zero-order valence-corrected chi connectivity index (χ0v) is 14.7. The van der Waals surface area contributed by atoms with Gasteiger partial charge in [0, 0.05) is 23.9 Å². The van der Waals surface area contributed by atoms with Gasteiger partial charge in [-0.3, -0.25) is 9.59 Å². The Balaban J connectivity index is 1.63. The number of anilines is 1. The largest absolute Gasteiger partial charge is 0.335 e. The van der Waals surface area contributed by atoms with Crippen molar-refractivity contribution in [1.82, 2.24) is 9.47 Å². The zero-order valence-electron chi connectivity index (χ0n) is 14.7. The number of likely N-dealkylation sites (N-methyl/N-ethyl adjacent to an activating group) is 1. The molecule has 1 aromatic heterocycles. The summed E-state index contributed by atoms with van der Waals surface area (Å²) in [6.45, 7) is 2.04. The zero-order chi connectivity index (χ0) is 18.7. The Kier molecular flexibility index (Phi) is 5.02. The van der Waals surface area contributed by atoms with E-state index < -0.39 is 0 Å². The van der Waals surface area contributed by atoms with Gasteiger partial charge in [-0.15, -0.1) is 0 Å². The highest BCUT2D eigenvalue weighted by molar-refractivity contribution is 5.94. The quantitative estimate of drug-likeness (QED) is 0.766. The Morgan fingerprint density at radius 1 is 1.12 bits per heavy atom. The summed E-state index contributed by atoms with van der Waals surface area (Å²) in [6.07, 6.45) is 0. The second kappa shape index (κ2) is 7.39. The van der Waals surface area contributed by atoms with Gasteiger partial charge in [-0.1, -0.05) is 18.2 Å². The molecule has 0 aliphatic rings. The van der Waals surface area contributed by atoms with Crippen molar-refractivity contribution in [2.75, 3.05) is 18.9 Å². The van der Waals surface area contributed by atoms with Gasteiger partial charge in [-0.2, -0.15) is 0 Å². The Morgan fingerprint density at radius 2 is 1.81 bits per heavy atom. The predicted molar refractivity (Wildman–Crippen MR) is 99.3 cm³/mol. The van der Waals surface area contributed by atoms with Gasteiger partial charge in [0.05, 0.1) is 6.54 Å². The van der Waals surface area contributed by atoms with Crippen molar-refractivity contribution < 1.29 is 14.0 Å². The third-order valence-electron chi connectivity index (χ3n) is 4.25. The molecule has 26 heavy (non-hydrogen) atoms. The standard InChI is InChI=1S/C20H20FN3O2/c1-14-11-15-5-3-4-6-18(15)24(14)13-20(26)23(2)12-19(25)22-17-9-7-16(21)8-10-17/h3-11H,12-13H2,1-2H3,(H,22,25). The summed E-state index contributed by atoms with van der Waals surface area (Å²) in [4.78, 5) is 26.0. The molecule has 0 bridgehead atoms. The van der Waals surface area contributed by atoms with Gasteiger partial charge in [0.25, 0.3) is 0 Å². The maximum atomic E-state index is 12.9. The van der Waals surface area contributed by atoms with E-state index in [1.165, 1.54) is 29.2 Å². The number of hydrogen-bond donors (Lipinski definition) is 1. The number of benzene rings is 2. The van der Waals surface area contributed by atoms with Crippen LogP contribution in [0.4, 0.5) is 10.1 Å². The van der Waals surface area contributed by atoms with Gasteiger partial charge < -0.3 is 14.8 Å². The summed E-state index contributed by atoms with van der Waals surface area (Å²) >= 11 is 0. The van der Waals surface area contributed by atoms with E-state index >= 15 is 0 Å². The average Bonchev–Trinajstić information content (AvgIpc) is 2.92. The lowest BCUT2D eigenvalue weighted by molar-refractivity contribution is -0.133. The van der Waals surface area contributed by atoms with Crippen LogP contribution in [-0.2, 0) is 16.1 Å². The van der Waals surface area contributed by atoms with E-state index in [1.54, 1.807) is 7.05 Å². The maximum absolute atomic E-state index is 12.9. The molecule has 0 spiro atoms. The van der Waals surface area contributed by atoms with Crippen LogP contribution in [0.5, 0.6) is 0 Å². The van der Waals surface area contributed by atoms with Crippen LogP contribution in [0.25, 0.3) is 10.9 Å². The topological polar surface area (TPSA) is 54.3 Å². The minimum Gasteiger partial charge on any atom is -0.335 e. The third kappa shape index (κ3) is 3.91. The predicted octanol–water partition coefficient (Wildman–Crippen LogP) is 3.19. The first-order chi connectivity index (χ1) is 12.4. The molecule has 3 aromatic rings. The summed E-state index contributed by atoms with van der Waals surface area (Å²) < 4.78 is 14.8. The van der Waals surface area contributed by atoms with Crippen molar-refractivity contribution in [3.8, 4) is 0 Å². The number of fused-ring (bicyclic) bond motifs is 1. The first kappa shape index (κ1) is 17.7. The van der Waals surface area contributed by atoms with E-state index in [4.69, 9.17) is 0 Å². The summed E-state index contributed by atoms with van der Waals surface area (Å²) in [5.74, 6) is -0.866. The summed E-state index contributed by atoms with van der Waals surface area (Å²) in [6, 6.07) is 15.4. The van der Waals surface area contributed by atoms with Gasteiger partial charge >= 0.3 is 0 Å². The number of amides is 2. The van der Waals surface area contributed by atoms with Gasteiger partial charge in [0.2, 0.25) is 11.8 Å². The fraction of sp³-hybridized carbons (Fsp3) is 0.200. The van der Waals surface area contributed by atoms with Crippen molar-refractivity contribution in [3.63, 3.8) is 0 Å². The molecule has 5 nitrogen and oxygen atoms in total. The molecule has 134 valence electrons. The molecule has 0 radical (unpaired) electrons. The number of nitrogens with one attached hydrogen (secondary N) is 1. The molecular formula is C20H20FN3O2. The molecule has 0 fully saturated rings. The number of rotatable bonds is 5. The number of hydrogen-bond acceptors (Lipinski definition) is 2. The van der Waals surface area contributed by atoms with Crippen molar-refractivity contribution in [2.45, 2.75) is 13.5 Å². The Labute approximate surface area is 151 Å². The first-order valence-electron chi connectivity index (χ1n) is 8.28. The monoisotopic (exact) mass is 353 g/mol. The van der Waals surface area contributed by atoms with Crippen molar-refractivity contribution in [2.24, 2.45) is 0 Å². The number of aryl methyl sites for hydroxylation is 1. The molecule has 1 N–H and O–H groups in total. The normalized spacial score (nSPS) is 10.7. The van der Waals surface area contributed by atoms with Crippen LogP contribution in [0.15, 0.2) is 54.6 Å². The van der Waals surface area contributed by atoms with Gasteiger partial charge in [-0.25, -0.2) is 4.39 Å². The molecule has 3 rings (SSSR count). The van der Waals surface area contributed by atoms with Gasteiger partial charge in [0.15, 0.2) is 0 Å². The molecular weight excluding hydrogens is 333 g/mol. The van der Waals surface area contributed by atoms with Crippen LogP contribution in [0, 0.1) is 12.7 Å². The molecule has 0 aliphatic heterocycles. The Morgan fingerprint density at radius 3 is 2.54 bits per heavy atom. The summed E-state index contributed by atoms with van der Waals surface area (Å²) in [5, 5.41) is 3.73. The van der Waals surface area contributed by atoms with E-state index in [0.717, 1.165) is 16.6 Å². The minimum absolute atomic E-state index is 0.0749. The van der Waals surface area contributed by atoms with E-state index in [2.05, 4.69) is 5.32 Å². The number of carbonyl (C=O) groups excluding carboxylic acids is 2. The van der Waals surface area contributed by atoms with Crippen LogP contribution in [-0.4, -0.2) is 34.9 Å². The number of carbonyl (C=O) groups is 2. The number of halogens is 1. The SMILES string of the molecule is Cc1cc2ccccc2n1CC(=O)N(C)CC(=O)Nc1ccc(F)cc1. The molecule has 0 saturated carbocycles. The average molecular weight is 353 g/mol. The third-order valence-corrected chi connectivity index (χ3v) is 4.25. The molecule has 2 aromatic carbocycles. The van der Waals surface area contributed by atoms with E-state index in [-0.39, 0.29) is 30.7 Å². The van der Waals surface area contributed by atoms with Crippen LogP contribution in [0.1, 0.15) is 5.69 Å². The number of nitrogens with zero attached hydrogens (tertiary/aromatic N) is 2. The minimum atomic E-state index is -0.371. The molecule has 1 heterocycles.